The van der Waals surface area contributed by atoms with E-state index in [0.717, 1.165) is 0 Å². The van der Waals surface area contributed by atoms with E-state index in [9.17, 15) is 18.3 Å². The van der Waals surface area contributed by atoms with Crippen molar-refractivity contribution in [1.29, 1.82) is 0 Å². The van der Waals surface area contributed by atoms with Gasteiger partial charge in [0.15, 0.2) is 0 Å². The van der Waals surface area contributed by atoms with Crippen LogP contribution in [-0.2, 0) is 6.42 Å². The summed E-state index contributed by atoms with van der Waals surface area (Å²) >= 11 is 0. The van der Waals surface area contributed by atoms with Crippen molar-refractivity contribution in [3.63, 3.8) is 0 Å². The van der Waals surface area contributed by atoms with Crippen LogP contribution in [0.3, 0.4) is 0 Å². The summed E-state index contributed by atoms with van der Waals surface area (Å²) in [5, 5.41) is 12.5. The van der Waals surface area contributed by atoms with Gasteiger partial charge in [-0.05, 0) is 37.9 Å². The SMILES string of the molecule is CNCC(O)c1ccc(CC2(C(F)(F)F)CC2)cn1. The molecule has 2 rings (SSSR count). The quantitative estimate of drug-likeness (QED) is 0.865. The van der Waals surface area contributed by atoms with Gasteiger partial charge < -0.3 is 10.4 Å². The predicted octanol–water partition coefficient (Wildman–Crippen LogP) is 2.22. The number of likely N-dealkylation sites (N-methyl/N-ethyl adjacent to an activating group) is 1. The molecule has 0 aromatic carbocycles. The highest BCUT2D eigenvalue weighted by atomic mass is 19.4. The highest BCUT2D eigenvalue weighted by Crippen LogP contribution is 2.59. The maximum atomic E-state index is 12.8. The lowest BCUT2D eigenvalue weighted by atomic mass is 9.97. The fraction of sp³-hybridized carbons (Fsp3) is 0.615. The first kappa shape index (κ1) is 14.3. The Bertz CT molecular complexity index is 427. The highest BCUT2D eigenvalue weighted by Gasteiger charge is 2.62. The first-order valence-electron chi connectivity index (χ1n) is 6.22. The first-order valence-corrected chi connectivity index (χ1v) is 6.22. The van der Waals surface area contributed by atoms with E-state index < -0.39 is 17.7 Å². The third-order valence-electron chi connectivity index (χ3n) is 3.58. The molecular formula is C13H17F3N2O. The van der Waals surface area contributed by atoms with E-state index >= 15 is 0 Å². The van der Waals surface area contributed by atoms with Gasteiger partial charge in [0, 0.05) is 12.7 Å². The fourth-order valence-electron chi connectivity index (χ4n) is 2.14. The summed E-state index contributed by atoms with van der Waals surface area (Å²) < 4.78 is 38.5. The number of nitrogens with one attached hydrogen (secondary N) is 1. The zero-order valence-electron chi connectivity index (χ0n) is 10.7. The van der Waals surface area contributed by atoms with E-state index in [1.165, 1.54) is 6.20 Å². The van der Waals surface area contributed by atoms with Crippen LogP contribution in [0.5, 0.6) is 0 Å². The van der Waals surface area contributed by atoms with Crippen LogP contribution in [0, 0.1) is 5.41 Å². The van der Waals surface area contributed by atoms with Crippen LogP contribution in [0.25, 0.3) is 0 Å². The number of halogens is 3. The molecular weight excluding hydrogens is 257 g/mol. The molecule has 1 heterocycles. The maximum Gasteiger partial charge on any atom is 0.394 e. The molecule has 3 nitrogen and oxygen atoms in total. The maximum absolute atomic E-state index is 12.8. The number of aliphatic hydroxyl groups is 1. The monoisotopic (exact) mass is 274 g/mol. The largest absolute Gasteiger partial charge is 0.394 e. The van der Waals surface area contributed by atoms with Gasteiger partial charge in [0.25, 0.3) is 0 Å². The molecule has 1 aromatic rings. The van der Waals surface area contributed by atoms with Gasteiger partial charge in [0.05, 0.1) is 11.1 Å². The molecule has 106 valence electrons. The Labute approximate surface area is 109 Å². The summed E-state index contributed by atoms with van der Waals surface area (Å²) in [5.41, 5.74) is -0.509. The minimum atomic E-state index is -4.14. The van der Waals surface area contributed by atoms with Crippen LogP contribution in [-0.4, -0.2) is 29.9 Å². The highest BCUT2D eigenvalue weighted by molar-refractivity contribution is 5.20. The van der Waals surface area contributed by atoms with Gasteiger partial charge in [-0.3, -0.25) is 4.98 Å². The molecule has 1 atom stereocenters. The Balaban J connectivity index is 2.04. The average molecular weight is 274 g/mol. The molecule has 1 aromatic heterocycles. The molecule has 0 spiro atoms. The van der Waals surface area contributed by atoms with E-state index in [0.29, 0.717) is 17.8 Å². The van der Waals surface area contributed by atoms with Gasteiger partial charge in [0.2, 0.25) is 0 Å². The van der Waals surface area contributed by atoms with Gasteiger partial charge in [-0.1, -0.05) is 6.07 Å². The minimum absolute atomic E-state index is 0.0219. The Kier molecular flexibility index (Phi) is 3.82. The van der Waals surface area contributed by atoms with Crippen LogP contribution < -0.4 is 5.32 Å². The minimum Gasteiger partial charge on any atom is -0.385 e. The number of hydrogen-bond donors (Lipinski definition) is 2. The summed E-state index contributed by atoms with van der Waals surface area (Å²) in [6.07, 6.45) is -3.08. The van der Waals surface area contributed by atoms with Crippen molar-refractivity contribution in [2.45, 2.75) is 31.5 Å². The predicted molar refractivity (Wildman–Crippen MR) is 64.5 cm³/mol. The van der Waals surface area contributed by atoms with Crippen LogP contribution in [0.2, 0.25) is 0 Å². The van der Waals surface area contributed by atoms with Crippen molar-refractivity contribution in [3.8, 4) is 0 Å². The van der Waals surface area contributed by atoms with E-state index in [-0.39, 0.29) is 19.3 Å². The van der Waals surface area contributed by atoms with E-state index in [2.05, 4.69) is 10.3 Å². The van der Waals surface area contributed by atoms with E-state index in [1.54, 1.807) is 19.2 Å². The standard InChI is InChI=1S/C13H17F3N2O/c1-17-8-11(19)10-3-2-9(7-18-10)6-12(4-5-12)13(14,15)16/h2-3,7,11,17,19H,4-6,8H2,1H3. The second kappa shape index (κ2) is 5.09. The van der Waals surface area contributed by atoms with E-state index in [1.807, 2.05) is 0 Å². The van der Waals surface area contributed by atoms with Gasteiger partial charge in [-0.25, -0.2) is 0 Å². The molecule has 0 amide bonds. The lowest BCUT2D eigenvalue weighted by Crippen LogP contribution is -2.26. The van der Waals surface area contributed by atoms with Gasteiger partial charge in [0.1, 0.15) is 6.10 Å². The molecule has 19 heavy (non-hydrogen) atoms. The summed E-state index contributed by atoms with van der Waals surface area (Å²) in [6.45, 7) is 0.360. The number of rotatable bonds is 5. The average Bonchev–Trinajstić information content (AvgIpc) is 3.10. The van der Waals surface area contributed by atoms with Crippen LogP contribution in [0.1, 0.15) is 30.2 Å². The van der Waals surface area contributed by atoms with Gasteiger partial charge >= 0.3 is 6.18 Å². The zero-order valence-corrected chi connectivity index (χ0v) is 10.7. The second-order valence-electron chi connectivity index (χ2n) is 5.12. The Morgan fingerprint density at radius 2 is 2.11 bits per heavy atom. The van der Waals surface area contributed by atoms with Crippen molar-refractivity contribution < 1.29 is 18.3 Å². The molecule has 0 bridgehead atoms. The lowest BCUT2D eigenvalue weighted by Gasteiger charge is -2.19. The molecule has 0 aliphatic heterocycles. The second-order valence-corrected chi connectivity index (χ2v) is 5.12. The third kappa shape index (κ3) is 3.06. The Morgan fingerprint density at radius 1 is 1.42 bits per heavy atom. The third-order valence-corrected chi connectivity index (χ3v) is 3.58. The molecule has 1 aliphatic carbocycles. The van der Waals surface area contributed by atoms with Crippen molar-refractivity contribution in [2.75, 3.05) is 13.6 Å². The van der Waals surface area contributed by atoms with Gasteiger partial charge in [-0.2, -0.15) is 13.2 Å². The molecule has 1 saturated carbocycles. The topological polar surface area (TPSA) is 45.1 Å². The number of nitrogens with zero attached hydrogens (tertiary/aromatic N) is 1. The van der Waals surface area contributed by atoms with Crippen molar-refractivity contribution in [3.05, 3.63) is 29.6 Å². The van der Waals surface area contributed by atoms with Crippen molar-refractivity contribution in [2.24, 2.45) is 5.41 Å². The first-order chi connectivity index (χ1) is 8.88. The molecule has 0 radical (unpaired) electrons. The van der Waals surface area contributed by atoms with Gasteiger partial charge in [-0.15, -0.1) is 0 Å². The number of hydrogen-bond acceptors (Lipinski definition) is 3. The van der Waals surface area contributed by atoms with Crippen LogP contribution >= 0.6 is 0 Å². The van der Waals surface area contributed by atoms with Crippen LogP contribution in [0.15, 0.2) is 18.3 Å². The molecule has 1 aliphatic rings. The fourth-order valence-corrected chi connectivity index (χ4v) is 2.14. The van der Waals surface area contributed by atoms with E-state index in [4.69, 9.17) is 0 Å². The summed E-state index contributed by atoms with van der Waals surface area (Å²) in [4.78, 5) is 4.03. The molecule has 1 fully saturated rings. The zero-order chi connectivity index (χ0) is 14.1. The number of aliphatic hydroxyl groups excluding tert-OH is 1. The summed E-state index contributed by atoms with van der Waals surface area (Å²) in [6, 6.07) is 3.21. The van der Waals surface area contributed by atoms with Crippen molar-refractivity contribution in [1.82, 2.24) is 10.3 Å². The number of aromatic nitrogens is 1. The van der Waals surface area contributed by atoms with Crippen LogP contribution in [0.4, 0.5) is 13.2 Å². The van der Waals surface area contributed by atoms with Crippen molar-refractivity contribution >= 4 is 0 Å². The molecule has 6 heteroatoms. The Morgan fingerprint density at radius 3 is 2.53 bits per heavy atom. The summed E-state index contributed by atoms with van der Waals surface area (Å²) in [7, 11) is 1.71. The number of alkyl halides is 3. The smallest absolute Gasteiger partial charge is 0.385 e. The Hall–Kier alpha value is -1.14. The molecule has 2 N–H and O–H groups in total. The molecule has 1 unspecified atom stereocenters. The lowest BCUT2D eigenvalue weighted by molar-refractivity contribution is -0.186. The normalized spacial score (nSPS) is 19.2. The molecule has 0 saturated heterocycles. The number of pyridine rings is 1. The summed E-state index contributed by atoms with van der Waals surface area (Å²) in [5.74, 6) is 0.